The van der Waals surface area contributed by atoms with Crippen molar-refractivity contribution in [1.82, 2.24) is 9.88 Å². The summed E-state index contributed by atoms with van der Waals surface area (Å²) in [5.41, 5.74) is 2.70. The molecule has 2 aliphatic rings. The molecule has 1 aromatic carbocycles. The molecule has 2 aromatic rings. The van der Waals surface area contributed by atoms with Crippen LogP contribution in [0.5, 0.6) is 0 Å². The third kappa shape index (κ3) is 1.78. The van der Waals surface area contributed by atoms with E-state index in [-0.39, 0.29) is 0 Å². The lowest BCUT2D eigenvalue weighted by atomic mass is 9.84. The molecule has 4 rings (SSSR count). The number of nitrogens with zero attached hydrogens (tertiary/aromatic N) is 2. The van der Waals surface area contributed by atoms with Gasteiger partial charge in [0.2, 0.25) is 0 Å². The van der Waals surface area contributed by atoms with Crippen LogP contribution < -0.4 is 0 Å². The molecule has 2 nitrogen and oxygen atoms in total. The van der Waals surface area contributed by atoms with Crippen molar-refractivity contribution in [2.24, 2.45) is 0 Å². The lowest BCUT2D eigenvalue weighted by molar-refractivity contribution is 0.162. The summed E-state index contributed by atoms with van der Waals surface area (Å²) in [6, 6.07) is 12.5. The number of hydrogen-bond donors (Lipinski definition) is 0. The highest BCUT2D eigenvalue weighted by Gasteiger charge is 2.39. The highest BCUT2D eigenvalue weighted by Crippen LogP contribution is 2.43. The number of piperidine rings is 1. The smallest absolute Gasteiger partial charge is 0.0736 e. The second kappa shape index (κ2) is 4.31. The molecule has 2 aliphatic heterocycles. The number of benzene rings is 1. The van der Waals surface area contributed by atoms with Crippen LogP contribution >= 0.6 is 0 Å². The molecule has 0 amide bonds. The van der Waals surface area contributed by atoms with Crippen molar-refractivity contribution in [3.63, 3.8) is 0 Å². The Morgan fingerprint density at radius 3 is 2.58 bits per heavy atom. The van der Waals surface area contributed by atoms with Gasteiger partial charge in [-0.1, -0.05) is 24.3 Å². The van der Waals surface area contributed by atoms with E-state index in [0.717, 1.165) is 12.1 Å². The molecule has 0 radical (unpaired) electrons. The summed E-state index contributed by atoms with van der Waals surface area (Å²) in [7, 11) is 2.31. The molecule has 3 heterocycles. The molecule has 2 bridgehead atoms. The summed E-state index contributed by atoms with van der Waals surface area (Å²) >= 11 is 0. The fraction of sp³-hybridized carbons (Fsp3) is 0.471. The molecule has 0 saturated carbocycles. The van der Waals surface area contributed by atoms with E-state index >= 15 is 0 Å². The second-order valence-corrected chi connectivity index (χ2v) is 6.14. The van der Waals surface area contributed by atoms with Crippen molar-refractivity contribution in [2.75, 3.05) is 7.05 Å². The molecular formula is C17H20N2. The number of aromatic nitrogens is 1. The first kappa shape index (κ1) is 11.4. The van der Waals surface area contributed by atoms with Gasteiger partial charge in [-0.2, -0.15) is 0 Å². The average Bonchev–Trinajstić information content (AvgIpc) is 2.67. The van der Waals surface area contributed by atoms with Gasteiger partial charge in [0.25, 0.3) is 0 Å². The quantitative estimate of drug-likeness (QED) is 0.771. The van der Waals surface area contributed by atoms with Gasteiger partial charge in [-0.25, -0.2) is 0 Å². The average molecular weight is 252 g/mol. The van der Waals surface area contributed by atoms with Crippen LogP contribution in [0.2, 0.25) is 0 Å². The predicted octanol–water partition coefficient (Wildman–Crippen LogP) is 3.58. The number of hydrogen-bond acceptors (Lipinski definition) is 2. The summed E-state index contributed by atoms with van der Waals surface area (Å²) in [6.07, 6.45) is 7.31. The molecule has 2 heteroatoms. The number of rotatable bonds is 1. The van der Waals surface area contributed by atoms with Gasteiger partial charge in [0.05, 0.1) is 5.52 Å². The second-order valence-electron chi connectivity index (χ2n) is 6.14. The molecule has 1 aromatic heterocycles. The zero-order chi connectivity index (χ0) is 12.8. The van der Waals surface area contributed by atoms with Crippen molar-refractivity contribution in [3.05, 3.63) is 42.1 Å². The Hall–Kier alpha value is -1.41. The van der Waals surface area contributed by atoms with Gasteiger partial charge < -0.3 is 4.90 Å². The standard InChI is InChI=1S/C17H20N2/c1-19-14-7-8-15(19)11-13(10-14)16-6-2-4-12-5-3-9-18-17(12)16/h2-6,9,13-15H,7-8,10-11H2,1H3/t13-,14-,15+. The Morgan fingerprint density at radius 2 is 1.79 bits per heavy atom. The molecule has 98 valence electrons. The molecule has 0 N–H and O–H groups in total. The Bertz CT molecular complexity index is 588. The Kier molecular flexibility index (Phi) is 2.59. The van der Waals surface area contributed by atoms with Crippen molar-refractivity contribution >= 4 is 10.9 Å². The first-order valence-corrected chi connectivity index (χ1v) is 7.38. The fourth-order valence-corrected chi connectivity index (χ4v) is 4.12. The normalized spacial score (nSPS) is 30.9. The zero-order valence-corrected chi connectivity index (χ0v) is 11.4. The van der Waals surface area contributed by atoms with E-state index in [1.165, 1.54) is 42.1 Å². The molecule has 0 aliphatic carbocycles. The van der Waals surface area contributed by atoms with E-state index in [4.69, 9.17) is 0 Å². The Labute approximate surface area is 114 Å². The van der Waals surface area contributed by atoms with Crippen LogP contribution in [-0.4, -0.2) is 29.0 Å². The van der Waals surface area contributed by atoms with Crippen LogP contribution in [0.3, 0.4) is 0 Å². The summed E-state index contributed by atoms with van der Waals surface area (Å²) in [6.45, 7) is 0. The maximum absolute atomic E-state index is 4.63. The van der Waals surface area contributed by atoms with Gasteiger partial charge in [0.15, 0.2) is 0 Å². The molecule has 2 saturated heterocycles. The topological polar surface area (TPSA) is 16.1 Å². The molecule has 0 spiro atoms. The Balaban J connectivity index is 1.75. The van der Waals surface area contributed by atoms with Crippen LogP contribution in [0.4, 0.5) is 0 Å². The first-order chi connectivity index (χ1) is 9.33. The monoisotopic (exact) mass is 252 g/mol. The van der Waals surface area contributed by atoms with E-state index in [1.54, 1.807) is 0 Å². The first-order valence-electron chi connectivity index (χ1n) is 7.38. The van der Waals surface area contributed by atoms with Gasteiger partial charge >= 0.3 is 0 Å². The number of fused-ring (bicyclic) bond motifs is 3. The minimum atomic E-state index is 0.701. The van der Waals surface area contributed by atoms with Crippen LogP contribution in [0.25, 0.3) is 10.9 Å². The summed E-state index contributed by atoms with van der Waals surface area (Å²) < 4.78 is 0. The minimum Gasteiger partial charge on any atom is -0.300 e. The van der Waals surface area contributed by atoms with Gasteiger partial charge in [0.1, 0.15) is 0 Å². The third-order valence-electron chi connectivity index (χ3n) is 5.20. The predicted molar refractivity (Wildman–Crippen MR) is 78.3 cm³/mol. The molecule has 0 unspecified atom stereocenters. The van der Waals surface area contributed by atoms with Gasteiger partial charge in [0, 0.05) is 23.7 Å². The lowest BCUT2D eigenvalue weighted by Crippen LogP contribution is -2.39. The van der Waals surface area contributed by atoms with Gasteiger partial charge in [-0.05, 0) is 50.3 Å². The molecule has 19 heavy (non-hydrogen) atoms. The number of para-hydroxylation sites is 1. The van der Waals surface area contributed by atoms with E-state index in [1.807, 2.05) is 12.3 Å². The summed E-state index contributed by atoms with van der Waals surface area (Å²) in [4.78, 5) is 7.24. The maximum Gasteiger partial charge on any atom is 0.0736 e. The third-order valence-corrected chi connectivity index (χ3v) is 5.20. The number of pyridine rings is 1. The van der Waals surface area contributed by atoms with E-state index in [2.05, 4.69) is 41.2 Å². The van der Waals surface area contributed by atoms with Gasteiger partial charge in [-0.3, -0.25) is 4.98 Å². The maximum atomic E-state index is 4.63. The van der Waals surface area contributed by atoms with Crippen LogP contribution in [0.1, 0.15) is 37.2 Å². The van der Waals surface area contributed by atoms with E-state index in [9.17, 15) is 0 Å². The van der Waals surface area contributed by atoms with Crippen molar-refractivity contribution in [1.29, 1.82) is 0 Å². The fourth-order valence-electron chi connectivity index (χ4n) is 4.12. The molecular weight excluding hydrogens is 232 g/mol. The van der Waals surface area contributed by atoms with Crippen molar-refractivity contribution < 1.29 is 0 Å². The minimum absolute atomic E-state index is 0.701. The SMILES string of the molecule is CN1[C@@H]2CC[C@H]1C[C@H](c1cccc3cccnc13)C2. The highest BCUT2D eigenvalue weighted by molar-refractivity contribution is 5.82. The van der Waals surface area contributed by atoms with Crippen molar-refractivity contribution in [3.8, 4) is 0 Å². The summed E-state index contributed by atoms with van der Waals surface area (Å²) in [5.74, 6) is 0.701. The van der Waals surface area contributed by atoms with Crippen LogP contribution in [0, 0.1) is 0 Å². The zero-order valence-electron chi connectivity index (χ0n) is 11.4. The lowest BCUT2D eigenvalue weighted by Gasteiger charge is -2.36. The van der Waals surface area contributed by atoms with Gasteiger partial charge in [-0.15, -0.1) is 0 Å². The summed E-state index contributed by atoms with van der Waals surface area (Å²) in [5, 5.41) is 1.28. The largest absolute Gasteiger partial charge is 0.300 e. The Morgan fingerprint density at radius 1 is 1.05 bits per heavy atom. The molecule has 2 fully saturated rings. The van der Waals surface area contributed by atoms with E-state index < -0.39 is 0 Å². The van der Waals surface area contributed by atoms with Crippen molar-refractivity contribution in [2.45, 2.75) is 43.7 Å². The molecule has 3 atom stereocenters. The van der Waals surface area contributed by atoms with Crippen LogP contribution in [-0.2, 0) is 0 Å². The highest BCUT2D eigenvalue weighted by atomic mass is 15.2. The van der Waals surface area contributed by atoms with Crippen LogP contribution in [0.15, 0.2) is 36.5 Å². The van der Waals surface area contributed by atoms with E-state index in [0.29, 0.717) is 5.92 Å².